The Bertz CT molecular complexity index is 387. The van der Waals surface area contributed by atoms with E-state index in [0.717, 1.165) is 0 Å². The van der Waals surface area contributed by atoms with Gasteiger partial charge in [0.2, 0.25) is 0 Å². The van der Waals surface area contributed by atoms with Gasteiger partial charge in [-0.3, -0.25) is 15.0 Å². The van der Waals surface area contributed by atoms with Crippen molar-refractivity contribution in [3.63, 3.8) is 0 Å². The third kappa shape index (κ3) is 1.85. The van der Waals surface area contributed by atoms with Crippen LogP contribution < -0.4 is 0 Å². The van der Waals surface area contributed by atoms with E-state index >= 15 is 0 Å². The van der Waals surface area contributed by atoms with E-state index in [2.05, 4.69) is 15.0 Å². The summed E-state index contributed by atoms with van der Waals surface area (Å²) in [6.07, 6.45) is 6.29. The zero-order valence-electron chi connectivity index (χ0n) is 8.33. The molecule has 4 nitrogen and oxygen atoms in total. The highest BCUT2D eigenvalue weighted by molar-refractivity contribution is 5.23. The van der Waals surface area contributed by atoms with E-state index in [1.807, 2.05) is 6.07 Å². The fraction of sp³-hybridized carbons (Fsp3) is 0.182. The van der Waals surface area contributed by atoms with Crippen molar-refractivity contribution < 1.29 is 5.11 Å². The molecule has 0 bridgehead atoms. The van der Waals surface area contributed by atoms with Gasteiger partial charge in [-0.2, -0.15) is 0 Å². The predicted molar refractivity (Wildman–Crippen MR) is 54.9 cm³/mol. The second kappa shape index (κ2) is 3.74. The van der Waals surface area contributed by atoms with Crippen molar-refractivity contribution in [1.29, 1.82) is 0 Å². The first-order valence-corrected chi connectivity index (χ1v) is 4.61. The fourth-order valence-corrected chi connectivity index (χ4v) is 1.33. The first-order chi connectivity index (χ1) is 7.21. The van der Waals surface area contributed by atoms with Crippen LogP contribution >= 0.6 is 0 Å². The van der Waals surface area contributed by atoms with Crippen LogP contribution in [0.5, 0.6) is 0 Å². The van der Waals surface area contributed by atoms with Crippen molar-refractivity contribution in [2.75, 3.05) is 0 Å². The lowest BCUT2D eigenvalue weighted by Crippen LogP contribution is -2.25. The normalized spacial score (nSPS) is 14.5. The van der Waals surface area contributed by atoms with Gasteiger partial charge in [-0.25, -0.2) is 0 Å². The van der Waals surface area contributed by atoms with Gasteiger partial charge in [-0.1, -0.05) is 6.07 Å². The molecule has 1 N–H and O–H groups in total. The second-order valence-corrected chi connectivity index (χ2v) is 3.38. The number of hydrogen-bond acceptors (Lipinski definition) is 4. The van der Waals surface area contributed by atoms with E-state index in [4.69, 9.17) is 0 Å². The molecule has 2 aromatic rings. The minimum Gasteiger partial charge on any atom is -0.377 e. The minimum absolute atomic E-state index is 0.490. The van der Waals surface area contributed by atoms with Crippen LogP contribution in [0.4, 0.5) is 0 Å². The molecule has 0 amide bonds. The highest BCUT2D eigenvalue weighted by atomic mass is 16.3. The monoisotopic (exact) mass is 201 g/mol. The van der Waals surface area contributed by atoms with Crippen molar-refractivity contribution in [3.05, 3.63) is 54.4 Å². The summed E-state index contributed by atoms with van der Waals surface area (Å²) >= 11 is 0. The first-order valence-electron chi connectivity index (χ1n) is 4.61. The average molecular weight is 201 g/mol. The molecule has 0 aromatic carbocycles. The Morgan fingerprint density at radius 1 is 1.07 bits per heavy atom. The molecule has 0 aliphatic carbocycles. The van der Waals surface area contributed by atoms with Crippen molar-refractivity contribution >= 4 is 0 Å². The molecular formula is C11H11N3O. The number of rotatable bonds is 2. The van der Waals surface area contributed by atoms with E-state index in [9.17, 15) is 5.11 Å². The molecule has 0 radical (unpaired) electrons. The molecule has 0 aliphatic rings. The van der Waals surface area contributed by atoms with Crippen LogP contribution in [0.3, 0.4) is 0 Å². The Kier molecular flexibility index (Phi) is 2.43. The summed E-state index contributed by atoms with van der Waals surface area (Å²) in [6, 6.07) is 5.39. The molecule has 2 rings (SSSR count). The van der Waals surface area contributed by atoms with Crippen LogP contribution in [-0.2, 0) is 5.60 Å². The summed E-state index contributed by atoms with van der Waals surface area (Å²) in [5.41, 5.74) is -0.149. The molecule has 15 heavy (non-hydrogen) atoms. The summed E-state index contributed by atoms with van der Waals surface area (Å²) in [5.74, 6) is 0. The van der Waals surface area contributed by atoms with E-state index < -0.39 is 5.60 Å². The molecule has 0 unspecified atom stereocenters. The number of nitrogens with zero attached hydrogens (tertiary/aromatic N) is 3. The molecule has 2 aromatic heterocycles. The van der Waals surface area contributed by atoms with Crippen molar-refractivity contribution in [2.24, 2.45) is 0 Å². The lowest BCUT2D eigenvalue weighted by molar-refractivity contribution is 0.0922. The number of pyridine rings is 1. The van der Waals surface area contributed by atoms with Crippen molar-refractivity contribution in [2.45, 2.75) is 12.5 Å². The minimum atomic E-state index is -1.20. The lowest BCUT2D eigenvalue weighted by atomic mass is 9.98. The Morgan fingerprint density at radius 3 is 2.47 bits per heavy atom. The number of aliphatic hydroxyl groups is 1. The SMILES string of the molecule is C[C@@](O)(c1ccccn1)c1cnccn1. The van der Waals surface area contributed by atoms with Gasteiger partial charge in [0.1, 0.15) is 5.60 Å². The molecule has 2 heterocycles. The number of aromatic nitrogens is 3. The first kappa shape index (κ1) is 9.73. The standard InChI is InChI=1S/C11H11N3O/c1-11(15,9-4-2-3-5-13-9)10-8-12-6-7-14-10/h2-8,15H,1H3/t11-/m1/s1. The van der Waals surface area contributed by atoms with Gasteiger partial charge < -0.3 is 5.11 Å². The summed E-state index contributed by atoms with van der Waals surface area (Å²) in [5, 5.41) is 10.3. The van der Waals surface area contributed by atoms with Crippen LogP contribution in [-0.4, -0.2) is 20.1 Å². The van der Waals surface area contributed by atoms with Gasteiger partial charge in [-0.15, -0.1) is 0 Å². The Labute approximate surface area is 87.7 Å². The predicted octanol–water partition coefficient (Wildman–Crippen LogP) is 1.13. The maximum Gasteiger partial charge on any atom is 0.147 e. The summed E-state index contributed by atoms with van der Waals surface area (Å²) < 4.78 is 0. The van der Waals surface area contributed by atoms with Crippen LogP contribution in [0.2, 0.25) is 0 Å². The zero-order chi connectivity index (χ0) is 10.7. The maximum absolute atomic E-state index is 10.3. The van der Waals surface area contributed by atoms with Crippen LogP contribution in [0, 0.1) is 0 Å². The van der Waals surface area contributed by atoms with Gasteiger partial charge in [0.05, 0.1) is 17.6 Å². The van der Waals surface area contributed by atoms with E-state index in [0.29, 0.717) is 11.4 Å². The van der Waals surface area contributed by atoms with Crippen LogP contribution in [0.25, 0.3) is 0 Å². The lowest BCUT2D eigenvalue weighted by Gasteiger charge is -2.21. The molecule has 1 atom stereocenters. The van der Waals surface area contributed by atoms with Crippen LogP contribution in [0.15, 0.2) is 43.0 Å². The molecule has 0 aliphatic heterocycles. The maximum atomic E-state index is 10.3. The van der Waals surface area contributed by atoms with Gasteiger partial charge >= 0.3 is 0 Å². The third-order valence-electron chi connectivity index (χ3n) is 2.23. The zero-order valence-corrected chi connectivity index (χ0v) is 8.33. The van der Waals surface area contributed by atoms with Crippen LogP contribution in [0.1, 0.15) is 18.3 Å². The Morgan fingerprint density at radius 2 is 1.87 bits per heavy atom. The van der Waals surface area contributed by atoms with Gasteiger partial charge in [0.25, 0.3) is 0 Å². The molecule has 0 saturated carbocycles. The molecule has 0 spiro atoms. The van der Waals surface area contributed by atoms with Gasteiger partial charge in [0, 0.05) is 18.6 Å². The molecule has 0 fully saturated rings. The molecule has 76 valence electrons. The Hall–Kier alpha value is -1.81. The van der Waals surface area contributed by atoms with E-state index in [-0.39, 0.29) is 0 Å². The topological polar surface area (TPSA) is 58.9 Å². The highest BCUT2D eigenvalue weighted by Gasteiger charge is 2.28. The van der Waals surface area contributed by atoms with Gasteiger partial charge in [-0.05, 0) is 19.1 Å². The largest absolute Gasteiger partial charge is 0.377 e. The highest BCUT2D eigenvalue weighted by Crippen LogP contribution is 2.24. The van der Waals surface area contributed by atoms with E-state index in [1.54, 1.807) is 37.6 Å². The quantitative estimate of drug-likeness (QED) is 0.791. The summed E-state index contributed by atoms with van der Waals surface area (Å²) in [7, 11) is 0. The molecular weight excluding hydrogens is 190 g/mol. The smallest absolute Gasteiger partial charge is 0.147 e. The van der Waals surface area contributed by atoms with Crippen molar-refractivity contribution in [1.82, 2.24) is 15.0 Å². The third-order valence-corrected chi connectivity index (χ3v) is 2.23. The summed E-state index contributed by atoms with van der Waals surface area (Å²) in [4.78, 5) is 12.1. The Balaban J connectivity index is 2.44. The molecule has 0 saturated heterocycles. The second-order valence-electron chi connectivity index (χ2n) is 3.38. The fourth-order valence-electron chi connectivity index (χ4n) is 1.33. The molecule has 4 heteroatoms. The number of hydrogen-bond donors (Lipinski definition) is 1. The van der Waals surface area contributed by atoms with Gasteiger partial charge in [0.15, 0.2) is 0 Å². The van der Waals surface area contributed by atoms with E-state index in [1.165, 1.54) is 6.20 Å². The average Bonchev–Trinajstić information content (AvgIpc) is 2.31. The summed E-state index contributed by atoms with van der Waals surface area (Å²) in [6.45, 7) is 1.65. The van der Waals surface area contributed by atoms with Crippen molar-refractivity contribution in [3.8, 4) is 0 Å².